The highest BCUT2D eigenvalue weighted by atomic mass is 35.5. The van der Waals surface area contributed by atoms with Crippen molar-refractivity contribution in [2.45, 2.75) is 6.42 Å². The summed E-state index contributed by atoms with van der Waals surface area (Å²) in [7, 11) is 0. The molecule has 0 amide bonds. The average Bonchev–Trinajstić information content (AvgIpc) is 2.46. The van der Waals surface area contributed by atoms with E-state index in [4.69, 9.17) is 16.7 Å². The number of carboxylic acid groups (broad SMARTS) is 1. The summed E-state index contributed by atoms with van der Waals surface area (Å²) < 4.78 is 0. The smallest absolute Gasteiger partial charge is 0.337 e. The van der Waals surface area contributed by atoms with Crippen molar-refractivity contribution in [2.75, 3.05) is 44.6 Å². The lowest BCUT2D eigenvalue weighted by molar-refractivity contribution is 0.0696. The largest absolute Gasteiger partial charge is 0.478 e. The Morgan fingerprint density at radius 3 is 2.90 bits per heavy atom. The first kappa shape index (κ1) is 15.0. The molecule has 0 bridgehead atoms. The molecule has 2 heterocycles. The number of anilines is 1. The van der Waals surface area contributed by atoms with Crippen molar-refractivity contribution in [1.82, 2.24) is 15.2 Å². The van der Waals surface area contributed by atoms with Gasteiger partial charge in [0.2, 0.25) is 0 Å². The van der Waals surface area contributed by atoms with Crippen LogP contribution in [0.15, 0.2) is 12.3 Å². The first-order valence-corrected chi connectivity index (χ1v) is 7.10. The van der Waals surface area contributed by atoms with Crippen LogP contribution in [0.25, 0.3) is 0 Å². The van der Waals surface area contributed by atoms with E-state index in [9.17, 15) is 4.79 Å². The van der Waals surface area contributed by atoms with E-state index in [2.05, 4.69) is 20.5 Å². The number of rotatable bonds is 6. The minimum absolute atomic E-state index is 0.0985. The number of carboxylic acids is 1. The van der Waals surface area contributed by atoms with Gasteiger partial charge in [-0.25, -0.2) is 9.78 Å². The van der Waals surface area contributed by atoms with Gasteiger partial charge in [0.1, 0.15) is 5.82 Å². The quantitative estimate of drug-likeness (QED) is 0.684. The second-order valence-corrected chi connectivity index (χ2v) is 5.14. The van der Waals surface area contributed by atoms with E-state index < -0.39 is 5.97 Å². The van der Waals surface area contributed by atoms with E-state index in [1.54, 1.807) is 0 Å². The molecular formula is C13H19ClN4O2. The maximum absolute atomic E-state index is 10.8. The molecule has 0 atom stereocenters. The zero-order chi connectivity index (χ0) is 14.4. The van der Waals surface area contributed by atoms with Gasteiger partial charge in [0.05, 0.1) is 10.6 Å². The molecule has 0 saturated carbocycles. The molecule has 0 aliphatic carbocycles. The Labute approximate surface area is 123 Å². The van der Waals surface area contributed by atoms with E-state index in [1.807, 2.05) is 0 Å². The molecule has 7 heteroatoms. The fourth-order valence-corrected chi connectivity index (χ4v) is 2.36. The van der Waals surface area contributed by atoms with Crippen LogP contribution in [0, 0.1) is 0 Å². The molecule has 1 aliphatic heterocycles. The molecular weight excluding hydrogens is 280 g/mol. The SMILES string of the molecule is O=C(O)c1cnc(NCCCN2CCNCC2)c(Cl)c1. The average molecular weight is 299 g/mol. The van der Waals surface area contributed by atoms with Crippen molar-refractivity contribution < 1.29 is 9.90 Å². The number of aromatic nitrogens is 1. The van der Waals surface area contributed by atoms with Crippen LogP contribution >= 0.6 is 11.6 Å². The molecule has 0 unspecified atom stereocenters. The molecule has 0 aromatic carbocycles. The fourth-order valence-electron chi connectivity index (χ4n) is 2.13. The predicted octanol–water partition coefficient (Wildman–Crippen LogP) is 1.14. The van der Waals surface area contributed by atoms with Gasteiger partial charge >= 0.3 is 5.97 Å². The Balaban J connectivity index is 1.74. The fraction of sp³-hybridized carbons (Fsp3) is 0.538. The maximum Gasteiger partial charge on any atom is 0.337 e. The van der Waals surface area contributed by atoms with Gasteiger partial charge in [-0.1, -0.05) is 11.6 Å². The number of nitrogens with zero attached hydrogens (tertiary/aromatic N) is 2. The van der Waals surface area contributed by atoms with Gasteiger partial charge in [0.25, 0.3) is 0 Å². The zero-order valence-electron chi connectivity index (χ0n) is 11.2. The second kappa shape index (κ2) is 7.42. The number of piperazine rings is 1. The maximum atomic E-state index is 10.8. The van der Waals surface area contributed by atoms with E-state index in [1.165, 1.54) is 12.3 Å². The first-order chi connectivity index (χ1) is 9.66. The van der Waals surface area contributed by atoms with Crippen LogP contribution in [0.3, 0.4) is 0 Å². The van der Waals surface area contributed by atoms with Gasteiger partial charge < -0.3 is 20.6 Å². The molecule has 6 nitrogen and oxygen atoms in total. The van der Waals surface area contributed by atoms with Crippen molar-refractivity contribution in [2.24, 2.45) is 0 Å². The summed E-state index contributed by atoms with van der Waals surface area (Å²) in [6.07, 6.45) is 2.31. The van der Waals surface area contributed by atoms with Crippen LogP contribution in [0.4, 0.5) is 5.82 Å². The monoisotopic (exact) mass is 298 g/mol. The molecule has 1 saturated heterocycles. The van der Waals surface area contributed by atoms with Crippen molar-refractivity contribution in [3.63, 3.8) is 0 Å². The third kappa shape index (κ3) is 4.33. The topological polar surface area (TPSA) is 77.5 Å². The lowest BCUT2D eigenvalue weighted by Crippen LogP contribution is -2.44. The Morgan fingerprint density at radius 1 is 1.50 bits per heavy atom. The van der Waals surface area contributed by atoms with Crippen LogP contribution in [-0.4, -0.2) is 60.2 Å². The predicted molar refractivity (Wildman–Crippen MR) is 78.6 cm³/mol. The van der Waals surface area contributed by atoms with Gasteiger partial charge in [-0.3, -0.25) is 0 Å². The standard InChI is InChI=1S/C13H19ClN4O2/c14-11-8-10(13(19)20)9-17-12(11)16-2-1-5-18-6-3-15-4-7-18/h8-9,15H,1-7H2,(H,16,17)(H,19,20). The normalized spacial score (nSPS) is 16.1. The van der Waals surface area contributed by atoms with Gasteiger partial charge in [-0.2, -0.15) is 0 Å². The Hall–Kier alpha value is -1.37. The minimum atomic E-state index is -1.02. The zero-order valence-corrected chi connectivity index (χ0v) is 12.0. The minimum Gasteiger partial charge on any atom is -0.478 e. The van der Waals surface area contributed by atoms with Gasteiger partial charge in [0, 0.05) is 38.9 Å². The third-order valence-corrected chi connectivity index (χ3v) is 3.53. The van der Waals surface area contributed by atoms with E-state index in [0.717, 1.165) is 45.7 Å². The van der Waals surface area contributed by atoms with Gasteiger partial charge in [0.15, 0.2) is 0 Å². The second-order valence-electron chi connectivity index (χ2n) is 4.73. The molecule has 3 N–H and O–H groups in total. The summed E-state index contributed by atoms with van der Waals surface area (Å²) in [6, 6.07) is 1.41. The van der Waals surface area contributed by atoms with Crippen molar-refractivity contribution in [3.8, 4) is 0 Å². The van der Waals surface area contributed by atoms with Crippen LogP contribution in [0.5, 0.6) is 0 Å². The van der Waals surface area contributed by atoms with Crippen LogP contribution in [0.1, 0.15) is 16.8 Å². The molecule has 1 fully saturated rings. The van der Waals surface area contributed by atoms with Crippen LogP contribution in [-0.2, 0) is 0 Å². The molecule has 20 heavy (non-hydrogen) atoms. The number of aromatic carboxylic acids is 1. The van der Waals surface area contributed by atoms with Crippen molar-refractivity contribution in [3.05, 3.63) is 22.8 Å². The van der Waals surface area contributed by atoms with Gasteiger partial charge in [-0.05, 0) is 19.0 Å². The molecule has 2 rings (SSSR count). The number of hydrogen-bond donors (Lipinski definition) is 3. The number of carbonyl (C=O) groups is 1. The van der Waals surface area contributed by atoms with Crippen LogP contribution in [0.2, 0.25) is 5.02 Å². The Bertz CT molecular complexity index is 464. The highest BCUT2D eigenvalue weighted by Crippen LogP contribution is 2.19. The van der Waals surface area contributed by atoms with Gasteiger partial charge in [-0.15, -0.1) is 0 Å². The highest BCUT2D eigenvalue weighted by molar-refractivity contribution is 6.33. The highest BCUT2D eigenvalue weighted by Gasteiger charge is 2.10. The Morgan fingerprint density at radius 2 is 2.25 bits per heavy atom. The molecule has 0 spiro atoms. The van der Waals surface area contributed by atoms with Crippen molar-refractivity contribution >= 4 is 23.4 Å². The first-order valence-electron chi connectivity index (χ1n) is 6.72. The molecule has 1 aliphatic rings. The van der Waals surface area contributed by atoms with Crippen molar-refractivity contribution in [1.29, 1.82) is 0 Å². The molecule has 0 radical (unpaired) electrons. The van der Waals surface area contributed by atoms with E-state index >= 15 is 0 Å². The molecule has 1 aromatic heterocycles. The Kier molecular flexibility index (Phi) is 5.58. The summed E-state index contributed by atoms with van der Waals surface area (Å²) in [6.45, 7) is 6.09. The summed E-state index contributed by atoms with van der Waals surface area (Å²) >= 11 is 5.99. The summed E-state index contributed by atoms with van der Waals surface area (Å²) in [5.74, 6) is -0.485. The number of pyridine rings is 1. The lowest BCUT2D eigenvalue weighted by Gasteiger charge is -2.27. The lowest BCUT2D eigenvalue weighted by atomic mass is 10.3. The van der Waals surface area contributed by atoms with E-state index in [0.29, 0.717) is 10.8 Å². The van der Waals surface area contributed by atoms with E-state index in [-0.39, 0.29) is 5.56 Å². The number of halogens is 1. The summed E-state index contributed by atoms with van der Waals surface area (Å²) in [5, 5.41) is 15.6. The number of hydrogen-bond acceptors (Lipinski definition) is 5. The summed E-state index contributed by atoms with van der Waals surface area (Å²) in [5.41, 5.74) is 0.0985. The molecule has 110 valence electrons. The third-order valence-electron chi connectivity index (χ3n) is 3.24. The molecule has 1 aromatic rings. The van der Waals surface area contributed by atoms with Crippen LogP contribution < -0.4 is 10.6 Å². The summed E-state index contributed by atoms with van der Waals surface area (Å²) in [4.78, 5) is 17.2. The number of nitrogens with one attached hydrogen (secondary N) is 2.